The predicted molar refractivity (Wildman–Crippen MR) is 105 cm³/mol. The van der Waals surface area contributed by atoms with Crippen LogP contribution in [0.25, 0.3) is 11.3 Å². The number of nitrogens with zero attached hydrogens (tertiary/aromatic N) is 3. The monoisotopic (exact) mass is 382 g/mol. The van der Waals surface area contributed by atoms with E-state index in [1.165, 1.54) is 7.05 Å². The molecule has 0 bridgehead atoms. The quantitative estimate of drug-likeness (QED) is 0.732. The normalized spacial score (nSPS) is 11.0. The van der Waals surface area contributed by atoms with Crippen LogP contribution in [0.5, 0.6) is 0 Å². The number of amides is 1. The molecule has 0 atom stereocenters. The van der Waals surface area contributed by atoms with Crippen molar-refractivity contribution in [3.05, 3.63) is 72.7 Å². The van der Waals surface area contributed by atoms with Crippen LogP contribution in [-0.2, 0) is 10.0 Å². The fourth-order valence-corrected chi connectivity index (χ4v) is 3.00. The first-order chi connectivity index (χ1) is 12.9. The highest BCUT2D eigenvalue weighted by Gasteiger charge is 2.18. The van der Waals surface area contributed by atoms with Crippen LogP contribution < -0.4 is 9.62 Å². The highest BCUT2D eigenvalue weighted by Crippen LogP contribution is 2.31. The van der Waals surface area contributed by atoms with E-state index in [9.17, 15) is 13.2 Å². The molecule has 1 amide bonds. The van der Waals surface area contributed by atoms with Gasteiger partial charge in [0.15, 0.2) is 0 Å². The first kappa shape index (κ1) is 18.5. The molecule has 0 aliphatic carbocycles. The van der Waals surface area contributed by atoms with Crippen molar-refractivity contribution in [1.29, 1.82) is 0 Å². The molecular formula is C19H18N4O3S. The summed E-state index contributed by atoms with van der Waals surface area (Å²) in [4.78, 5) is 20.9. The predicted octanol–water partition coefficient (Wildman–Crippen LogP) is 2.79. The Labute approximate surface area is 157 Å². The number of carbonyl (C=O) groups is 1. The average molecular weight is 382 g/mol. The average Bonchev–Trinajstić information content (AvgIpc) is 2.68. The standard InChI is InChI=1S/C19H18N4O3S/c1-23(27(2,25)26)18-9-8-15(17-13-20-10-11-21-17)12-16(18)22-19(24)14-6-4-3-5-7-14/h3-13H,1-2H3,(H,22,24). The minimum atomic E-state index is -3.50. The summed E-state index contributed by atoms with van der Waals surface area (Å²) in [7, 11) is -2.07. The zero-order valence-electron chi connectivity index (χ0n) is 14.8. The summed E-state index contributed by atoms with van der Waals surface area (Å²) in [6, 6.07) is 13.7. The number of hydrogen-bond acceptors (Lipinski definition) is 5. The molecule has 27 heavy (non-hydrogen) atoms. The minimum absolute atomic E-state index is 0.338. The zero-order valence-corrected chi connectivity index (χ0v) is 15.6. The van der Waals surface area contributed by atoms with Gasteiger partial charge in [0.05, 0.1) is 29.5 Å². The van der Waals surface area contributed by atoms with Gasteiger partial charge in [-0.05, 0) is 24.3 Å². The first-order valence-corrected chi connectivity index (χ1v) is 9.92. The van der Waals surface area contributed by atoms with Crippen LogP contribution >= 0.6 is 0 Å². The van der Waals surface area contributed by atoms with Gasteiger partial charge in [-0.25, -0.2) is 8.42 Å². The summed E-state index contributed by atoms with van der Waals surface area (Å²) in [6.07, 6.45) is 5.83. The zero-order chi connectivity index (χ0) is 19.4. The fourth-order valence-electron chi connectivity index (χ4n) is 2.48. The van der Waals surface area contributed by atoms with Gasteiger partial charge >= 0.3 is 0 Å². The van der Waals surface area contributed by atoms with E-state index >= 15 is 0 Å². The summed E-state index contributed by atoms with van der Waals surface area (Å²) in [5.74, 6) is -0.338. The Hall–Kier alpha value is -3.26. The minimum Gasteiger partial charge on any atom is -0.320 e. The van der Waals surface area contributed by atoms with E-state index in [0.29, 0.717) is 28.2 Å². The Morgan fingerprint density at radius 1 is 1.07 bits per heavy atom. The highest BCUT2D eigenvalue weighted by atomic mass is 32.2. The van der Waals surface area contributed by atoms with Crippen LogP contribution in [0.3, 0.4) is 0 Å². The smallest absolute Gasteiger partial charge is 0.255 e. The van der Waals surface area contributed by atoms with E-state index in [4.69, 9.17) is 0 Å². The second kappa shape index (κ2) is 7.55. The maximum absolute atomic E-state index is 12.6. The molecule has 7 nitrogen and oxygen atoms in total. The highest BCUT2D eigenvalue weighted by molar-refractivity contribution is 7.92. The first-order valence-electron chi connectivity index (χ1n) is 8.07. The van der Waals surface area contributed by atoms with Gasteiger partial charge in [-0.1, -0.05) is 24.3 Å². The van der Waals surface area contributed by atoms with E-state index in [1.807, 2.05) is 6.07 Å². The molecule has 0 saturated heterocycles. The van der Waals surface area contributed by atoms with Gasteiger partial charge in [0.1, 0.15) is 0 Å². The third kappa shape index (κ3) is 4.29. The van der Waals surface area contributed by atoms with Crippen molar-refractivity contribution in [2.45, 2.75) is 0 Å². The van der Waals surface area contributed by atoms with Crippen molar-refractivity contribution in [3.8, 4) is 11.3 Å². The molecule has 3 aromatic rings. The third-order valence-electron chi connectivity index (χ3n) is 3.98. The van der Waals surface area contributed by atoms with Crippen molar-refractivity contribution < 1.29 is 13.2 Å². The molecule has 1 heterocycles. The number of benzene rings is 2. The molecule has 3 rings (SSSR count). The molecule has 1 aromatic heterocycles. The van der Waals surface area contributed by atoms with Gasteiger partial charge in [0, 0.05) is 30.6 Å². The summed E-state index contributed by atoms with van der Waals surface area (Å²) >= 11 is 0. The molecule has 8 heteroatoms. The van der Waals surface area contributed by atoms with Crippen LogP contribution in [-0.4, -0.2) is 37.6 Å². The van der Waals surface area contributed by atoms with E-state index < -0.39 is 10.0 Å². The van der Waals surface area contributed by atoms with Gasteiger partial charge < -0.3 is 5.32 Å². The molecule has 0 aliphatic rings. The summed E-state index contributed by atoms with van der Waals surface area (Å²) in [5.41, 5.74) is 2.50. The van der Waals surface area contributed by atoms with Gasteiger partial charge in [-0.3, -0.25) is 19.1 Å². The summed E-state index contributed by atoms with van der Waals surface area (Å²) in [6.45, 7) is 0. The van der Waals surface area contributed by atoms with Crippen LogP contribution in [0.2, 0.25) is 0 Å². The lowest BCUT2D eigenvalue weighted by Crippen LogP contribution is -2.26. The number of hydrogen-bond donors (Lipinski definition) is 1. The topological polar surface area (TPSA) is 92.3 Å². The van der Waals surface area contributed by atoms with Gasteiger partial charge in [0.25, 0.3) is 5.91 Å². The molecule has 1 N–H and O–H groups in total. The maximum atomic E-state index is 12.6. The largest absolute Gasteiger partial charge is 0.320 e. The summed E-state index contributed by atoms with van der Waals surface area (Å²) in [5, 5.41) is 2.80. The lowest BCUT2D eigenvalue weighted by atomic mass is 10.1. The molecule has 0 radical (unpaired) electrons. The number of anilines is 2. The number of sulfonamides is 1. The third-order valence-corrected chi connectivity index (χ3v) is 5.17. The van der Waals surface area contributed by atoms with Gasteiger partial charge in [-0.15, -0.1) is 0 Å². The van der Waals surface area contributed by atoms with Gasteiger partial charge in [-0.2, -0.15) is 0 Å². The Morgan fingerprint density at radius 2 is 1.81 bits per heavy atom. The Kier molecular flexibility index (Phi) is 5.18. The van der Waals surface area contributed by atoms with Gasteiger partial charge in [0.2, 0.25) is 10.0 Å². The Morgan fingerprint density at radius 3 is 2.44 bits per heavy atom. The SMILES string of the molecule is CN(c1ccc(-c2cnccn2)cc1NC(=O)c1ccccc1)S(C)(=O)=O. The van der Waals surface area contributed by atoms with E-state index in [-0.39, 0.29) is 5.91 Å². The molecular weight excluding hydrogens is 364 g/mol. The molecule has 0 saturated carbocycles. The second-order valence-electron chi connectivity index (χ2n) is 5.87. The van der Waals surface area contributed by atoms with Crippen molar-refractivity contribution in [2.75, 3.05) is 22.9 Å². The molecule has 138 valence electrons. The van der Waals surface area contributed by atoms with Crippen molar-refractivity contribution in [2.24, 2.45) is 0 Å². The van der Waals surface area contributed by atoms with Crippen LogP contribution in [0.4, 0.5) is 11.4 Å². The van der Waals surface area contributed by atoms with Crippen LogP contribution in [0, 0.1) is 0 Å². The molecule has 0 aliphatic heterocycles. The number of aromatic nitrogens is 2. The van der Waals surface area contributed by atoms with Crippen molar-refractivity contribution in [3.63, 3.8) is 0 Å². The lowest BCUT2D eigenvalue weighted by molar-refractivity contribution is 0.102. The molecule has 2 aromatic carbocycles. The number of rotatable bonds is 5. The molecule has 0 fully saturated rings. The van der Waals surface area contributed by atoms with Crippen LogP contribution in [0.1, 0.15) is 10.4 Å². The lowest BCUT2D eigenvalue weighted by Gasteiger charge is -2.21. The number of carbonyl (C=O) groups excluding carboxylic acids is 1. The van der Waals surface area contributed by atoms with Crippen LogP contribution in [0.15, 0.2) is 67.1 Å². The Balaban J connectivity index is 2.05. The summed E-state index contributed by atoms with van der Waals surface area (Å²) < 4.78 is 25.1. The molecule has 0 spiro atoms. The van der Waals surface area contributed by atoms with E-state index in [2.05, 4.69) is 15.3 Å². The number of nitrogens with one attached hydrogen (secondary N) is 1. The maximum Gasteiger partial charge on any atom is 0.255 e. The molecule has 0 unspecified atom stereocenters. The van der Waals surface area contributed by atoms with E-state index in [1.54, 1.807) is 61.1 Å². The Bertz CT molecular complexity index is 1050. The van der Waals surface area contributed by atoms with E-state index in [0.717, 1.165) is 10.6 Å². The fraction of sp³-hybridized carbons (Fsp3) is 0.105. The van der Waals surface area contributed by atoms with Crippen molar-refractivity contribution >= 4 is 27.3 Å². The second-order valence-corrected chi connectivity index (χ2v) is 7.89. The van der Waals surface area contributed by atoms with Crippen molar-refractivity contribution in [1.82, 2.24) is 9.97 Å².